The minimum atomic E-state index is -2.12. The lowest BCUT2D eigenvalue weighted by Gasteiger charge is -2.38. The first-order valence-corrected chi connectivity index (χ1v) is 38.9. The maximum atomic E-state index is 10.2. The van der Waals surface area contributed by atoms with Gasteiger partial charge in [0.15, 0.2) is 16.6 Å². The maximum absolute atomic E-state index is 10.2. The standard InChI is InChI=1S/C17H42O5Si3.C15H22N2O2.C15H10N2O2.C9H6N2O2.2CH3I.HI.H2S.H2/c1-8-12-19-13-9-16-23(2,3)21-25(6,7)22-24(4,5)17-10-14-20-15-11-18;2*16-10-19-15-7-3-13(4-8-15)9-12-1-5-14(6-2-12)17-11-18;1-7-2-3-8(10-5-12)4-9(7)11-6-13;2*1-2;;;/h18H,8-17H2,1-7H3;12-15H,1-9H2;1-8H,9H2;2-4H,1H3;2*1H3;1H;1H2;1H/i;;;;2*1D;;;1+2D/hD. The summed E-state index contributed by atoms with van der Waals surface area (Å²) in [6.45, 7) is 20.3. The van der Waals surface area contributed by atoms with Gasteiger partial charge in [-0.3, -0.25) is 0 Å². The fourth-order valence-electron chi connectivity index (χ4n) is 9.28. The fraction of sp³-hybridized carbons (Fsp3) is 0.586. The van der Waals surface area contributed by atoms with Crippen LogP contribution in [0.2, 0.25) is 51.4 Å². The number of aryl methyl sites for hydroxylation is 1. The van der Waals surface area contributed by atoms with Crippen LogP contribution in [0.15, 0.2) is 86.7 Å². The van der Waals surface area contributed by atoms with E-state index in [0.717, 1.165) is 105 Å². The Hall–Kier alpha value is -3.25. The van der Waals surface area contributed by atoms with Crippen molar-refractivity contribution < 1.29 is 57.2 Å². The Morgan fingerprint density at radius 3 is 1.65 bits per heavy atom. The summed E-state index contributed by atoms with van der Waals surface area (Å²) in [5, 5.41) is 25.6. The molecule has 0 atom stereocenters. The molecule has 2 saturated carbocycles. The van der Waals surface area contributed by atoms with Crippen LogP contribution in [0.1, 0.15) is 106 Å². The van der Waals surface area contributed by atoms with Crippen molar-refractivity contribution >= 4 is 149 Å². The predicted octanol–water partition coefficient (Wildman–Crippen LogP) is 15.8. The van der Waals surface area contributed by atoms with E-state index in [9.17, 15) is 19.2 Å². The number of ether oxygens (including phenoxy) is 4. The van der Waals surface area contributed by atoms with Crippen molar-refractivity contribution in [1.82, 2.24) is 0 Å². The highest BCUT2D eigenvalue weighted by Gasteiger charge is 2.39. The summed E-state index contributed by atoms with van der Waals surface area (Å²) in [6, 6.07) is 22.0. The lowest BCUT2D eigenvalue weighted by atomic mass is 9.76. The summed E-state index contributed by atoms with van der Waals surface area (Å²) in [6.07, 6.45) is 23.8. The van der Waals surface area contributed by atoms with Crippen LogP contribution in [0.5, 0.6) is 5.75 Å². The number of hydrogen-bond donors (Lipinski definition) is 1. The van der Waals surface area contributed by atoms with Gasteiger partial charge in [0.05, 0.1) is 37.4 Å². The predicted molar refractivity (Wildman–Crippen MR) is 368 cm³/mol. The molecule has 5 rings (SSSR count). The van der Waals surface area contributed by atoms with Crippen molar-refractivity contribution in [2.45, 2.75) is 161 Å². The molecule has 0 aromatic heterocycles. The van der Waals surface area contributed by atoms with Crippen molar-refractivity contribution in [3.8, 4) is 18.3 Å². The molecular weight excluding hydrogens is 1450 g/mol. The summed E-state index contributed by atoms with van der Waals surface area (Å²) in [4.78, 5) is 55.4. The van der Waals surface area contributed by atoms with Gasteiger partial charge in [-0.1, -0.05) is 82.4 Å². The SMILES string of the molecule is CCCOCCC[Si](C)(C)O[Si](C)(C)O[Si](C)(C)CCCOCCO.Cc1ccc(N=C=O)cc1N=C=O.I.N#COC1CCC(CC2CCC(N=C=O)CC2)CC1.N#COc1ccc(Cc2ccc(N=C=O)cc2)cc1.[2H]CI.[2H]CI.[2H]S.[2H][3H]. The van der Waals surface area contributed by atoms with E-state index in [-0.39, 0.29) is 42.7 Å². The van der Waals surface area contributed by atoms with Gasteiger partial charge in [-0.15, -0.1) is 29.2 Å². The second kappa shape index (κ2) is 51.0. The largest absolute Gasteiger partial charge is 0.437 e. The highest BCUT2D eigenvalue weighted by Crippen LogP contribution is 2.37. The van der Waals surface area contributed by atoms with Crippen LogP contribution < -0.4 is 4.74 Å². The van der Waals surface area contributed by atoms with Crippen LogP contribution in [0.25, 0.3) is 0 Å². The van der Waals surface area contributed by atoms with Gasteiger partial charge in [-0.25, -0.2) is 24.2 Å². The van der Waals surface area contributed by atoms with Crippen LogP contribution in [0.3, 0.4) is 0 Å². The number of hydrogen-bond acceptors (Lipinski definition) is 17. The zero-order valence-electron chi connectivity index (χ0n) is 54.0. The quantitative estimate of drug-likeness (QED) is 0.0150. The molecule has 458 valence electrons. The Labute approximate surface area is 550 Å². The Morgan fingerprint density at radius 2 is 1.18 bits per heavy atom. The number of aliphatic hydroxyl groups excluding tert-OH is 1. The third kappa shape index (κ3) is 40.9. The van der Waals surface area contributed by atoms with Gasteiger partial charge in [0.1, 0.15) is 11.9 Å². The van der Waals surface area contributed by atoms with E-state index in [1.54, 1.807) is 55.7 Å². The molecule has 2 aliphatic carbocycles. The Kier molecular flexibility index (Phi) is 46.6. The fourth-order valence-corrected chi connectivity index (χ4v) is 23.3. The first-order valence-electron chi connectivity index (χ1n) is 29.7. The molecule has 2 aliphatic rings. The van der Waals surface area contributed by atoms with Crippen molar-refractivity contribution in [2.24, 2.45) is 31.8 Å². The number of nitriles is 2. The number of nitrogens with zero attached hydrogens (tertiary/aromatic N) is 6. The average molecular weight is 1550 g/mol. The van der Waals surface area contributed by atoms with Gasteiger partial charge in [-0.05, 0) is 217 Å². The van der Waals surface area contributed by atoms with E-state index in [1.807, 2.05) is 75.7 Å². The molecule has 0 unspecified atom stereocenters. The summed E-state index contributed by atoms with van der Waals surface area (Å²) < 4.78 is 61.7. The first kappa shape index (κ1) is 74.9. The van der Waals surface area contributed by atoms with E-state index in [0.29, 0.717) is 45.8 Å². The molecule has 0 bridgehead atoms. The van der Waals surface area contributed by atoms with E-state index in [4.69, 9.17) is 49.6 Å². The molecule has 24 heteroatoms. The molecule has 3 aromatic rings. The number of aliphatic imine (C=N–C) groups is 4. The number of rotatable bonds is 26. The summed E-state index contributed by atoms with van der Waals surface area (Å²) in [5.41, 5.74) is 4.53. The highest BCUT2D eigenvalue weighted by atomic mass is 127. The number of benzene rings is 3. The first-order chi connectivity index (χ1) is 41.3. The normalized spacial score (nSPS) is 16.3. The summed E-state index contributed by atoms with van der Waals surface area (Å²) in [7, 11) is -5.60. The monoisotopic (exact) mass is 1550 g/mol. The van der Waals surface area contributed by atoms with Crippen LogP contribution >= 0.6 is 82.6 Å². The van der Waals surface area contributed by atoms with E-state index in [2.05, 4.69) is 79.6 Å². The lowest BCUT2D eigenvalue weighted by Crippen LogP contribution is -2.52. The molecule has 17 nitrogen and oxygen atoms in total. The lowest BCUT2D eigenvalue weighted by molar-refractivity contribution is 0.0915. The highest BCUT2D eigenvalue weighted by molar-refractivity contribution is 14.1. The number of halogens is 3. The van der Waals surface area contributed by atoms with Gasteiger partial charge in [0, 0.05) is 25.5 Å². The molecule has 0 amide bonds. The topological polar surface area (TPSA) is 241 Å². The molecular formula is C58H91I3N6O11SSi3. The Balaban J connectivity index is -0.000000507. The Morgan fingerprint density at radius 1 is 0.707 bits per heavy atom. The van der Waals surface area contributed by atoms with Gasteiger partial charge < -0.3 is 32.3 Å². The van der Waals surface area contributed by atoms with Crippen LogP contribution in [-0.2, 0) is 48.0 Å². The zero-order chi connectivity index (χ0) is 65.5. The maximum Gasteiger partial charge on any atom is 0.311 e. The van der Waals surface area contributed by atoms with Gasteiger partial charge in [0.2, 0.25) is 24.3 Å². The minimum absolute atomic E-state index is 0. The summed E-state index contributed by atoms with van der Waals surface area (Å²) >= 11 is 6.69. The molecule has 0 heterocycles. The zero-order valence-corrected chi connectivity index (χ0v) is 59.6. The molecule has 0 spiro atoms. The third-order valence-electron chi connectivity index (χ3n) is 12.6. The minimum Gasteiger partial charge on any atom is -0.437 e. The molecule has 0 aliphatic heterocycles. The molecule has 0 radical (unpaired) electrons. The van der Waals surface area contributed by atoms with Crippen molar-refractivity contribution in [3.05, 3.63) is 83.4 Å². The second-order valence-corrected chi connectivity index (χ2v) is 33.0. The molecule has 2 fully saturated rings. The van der Waals surface area contributed by atoms with E-state index < -0.39 is 25.2 Å². The Bertz CT molecular complexity index is 2470. The van der Waals surface area contributed by atoms with Gasteiger partial charge in [0.25, 0.3) is 12.5 Å². The third-order valence-corrected chi connectivity index (χ3v) is 24.1. The number of carbonyl (C=O) groups excluding carboxylic acids is 4. The molecule has 0 saturated heterocycles. The summed E-state index contributed by atoms with van der Waals surface area (Å²) in [5.74, 6) is 2.13. The van der Waals surface area contributed by atoms with Gasteiger partial charge >= 0.3 is 8.56 Å². The van der Waals surface area contributed by atoms with Crippen LogP contribution in [0, 0.1) is 41.8 Å². The van der Waals surface area contributed by atoms with Gasteiger partial charge in [-0.2, -0.15) is 33.6 Å². The number of alkyl halides is 2. The second-order valence-electron chi connectivity index (χ2n) is 20.5. The van der Waals surface area contributed by atoms with Crippen LogP contribution in [-0.4, -0.2) is 111 Å². The molecule has 3 aromatic carbocycles. The van der Waals surface area contributed by atoms with Crippen molar-refractivity contribution in [1.29, 1.82) is 11.6 Å². The van der Waals surface area contributed by atoms with E-state index >= 15 is 0 Å². The van der Waals surface area contributed by atoms with Crippen molar-refractivity contribution in [3.63, 3.8) is 0 Å². The number of isocyanates is 4. The molecule has 82 heavy (non-hydrogen) atoms. The van der Waals surface area contributed by atoms with Crippen molar-refractivity contribution in [2.75, 3.05) is 42.8 Å². The number of aliphatic hydroxyl groups is 1. The smallest absolute Gasteiger partial charge is 0.311 e. The average Bonchev–Trinajstić information content (AvgIpc) is 3.50. The molecule has 1 N–H and O–H groups in total. The van der Waals surface area contributed by atoms with Crippen LogP contribution in [0.4, 0.5) is 17.1 Å². The van der Waals surface area contributed by atoms with E-state index in [1.165, 1.54) is 56.4 Å².